The molecule has 0 amide bonds. The minimum absolute atomic E-state index is 0.666. The van der Waals surface area contributed by atoms with Gasteiger partial charge in [0.2, 0.25) is 0 Å². The fraction of sp³-hybridized carbons (Fsp3) is 0.600. The van der Waals surface area contributed by atoms with E-state index >= 15 is 0 Å². The molecule has 0 unspecified atom stereocenters. The Morgan fingerprint density at radius 1 is 1.46 bits per heavy atom. The number of aromatic nitrogens is 2. The van der Waals surface area contributed by atoms with Crippen LogP contribution in [-0.4, -0.2) is 16.0 Å². The Kier molecular flexibility index (Phi) is 2.17. The molecule has 0 atom stereocenters. The number of hydrogen-bond donors (Lipinski definition) is 1. The van der Waals surface area contributed by atoms with Crippen molar-refractivity contribution >= 4 is 5.82 Å². The molecule has 1 aromatic heterocycles. The van der Waals surface area contributed by atoms with Gasteiger partial charge in [0.05, 0.1) is 0 Å². The first-order valence-corrected chi connectivity index (χ1v) is 4.89. The fourth-order valence-electron chi connectivity index (χ4n) is 1.32. The van der Waals surface area contributed by atoms with Crippen LogP contribution in [0, 0.1) is 6.92 Å². The van der Waals surface area contributed by atoms with Crippen molar-refractivity contribution in [2.45, 2.75) is 39.2 Å². The van der Waals surface area contributed by atoms with Crippen LogP contribution >= 0.6 is 0 Å². The van der Waals surface area contributed by atoms with Crippen molar-refractivity contribution in [3.63, 3.8) is 0 Å². The zero-order valence-corrected chi connectivity index (χ0v) is 8.17. The van der Waals surface area contributed by atoms with Crippen molar-refractivity contribution < 1.29 is 0 Å². The minimum atomic E-state index is 0.666. The third kappa shape index (κ3) is 2.17. The Morgan fingerprint density at radius 2 is 2.23 bits per heavy atom. The van der Waals surface area contributed by atoms with Crippen molar-refractivity contribution in [3.05, 3.63) is 17.6 Å². The van der Waals surface area contributed by atoms with Crippen LogP contribution in [-0.2, 0) is 6.42 Å². The van der Waals surface area contributed by atoms with Gasteiger partial charge in [-0.3, -0.25) is 0 Å². The monoisotopic (exact) mass is 177 g/mol. The van der Waals surface area contributed by atoms with E-state index in [2.05, 4.69) is 22.2 Å². The maximum atomic E-state index is 4.34. The van der Waals surface area contributed by atoms with Gasteiger partial charge in [-0.25, -0.2) is 9.97 Å². The highest BCUT2D eigenvalue weighted by Crippen LogP contribution is 2.23. The molecule has 13 heavy (non-hydrogen) atoms. The van der Waals surface area contributed by atoms with Gasteiger partial charge in [0.15, 0.2) is 0 Å². The van der Waals surface area contributed by atoms with E-state index in [1.54, 1.807) is 0 Å². The summed E-state index contributed by atoms with van der Waals surface area (Å²) in [5, 5.41) is 3.38. The molecule has 0 radical (unpaired) electrons. The Balaban J connectivity index is 2.17. The van der Waals surface area contributed by atoms with E-state index in [1.165, 1.54) is 12.8 Å². The Morgan fingerprint density at radius 3 is 2.85 bits per heavy atom. The lowest BCUT2D eigenvalue weighted by Crippen LogP contribution is -2.06. The molecule has 0 saturated heterocycles. The zero-order chi connectivity index (χ0) is 9.26. The van der Waals surface area contributed by atoms with E-state index in [9.17, 15) is 0 Å². The standard InChI is InChI=1S/C10H15N3/c1-3-8-6-10(12-7(2)11-8)13-9-4-5-9/h6,9H,3-5H2,1-2H3,(H,11,12,13). The molecule has 3 nitrogen and oxygen atoms in total. The second-order valence-electron chi connectivity index (χ2n) is 3.56. The normalized spacial score (nSPS) is 15.8. The molecule has 0 aromatic carbocycles. The maximum absolute atomic E-state index is 4.34. The van der Waals surface area contributed by atoms with Crippen LogP contribution in [0.4, 0.5) is 5.82 Å². The molecule has 3 heteroatoms. The number of hydrogen-bond acceptors (Lipinski definition) is 3. The Labute approximate surface area is 78.6 Å². The fourth-order valence-corrected chi connectivity index (χ4v) is 1.32. The third-order valence-corrected chi connectivity index (χ3v) is 2.18. The van der Waals surface area contributed by atoms with Gasteiger partial charge < -0.3 is 5.32 Å². The maximum Gasteiger partial charge on any atom is 0.130 e. The van der Waals surface area contributed by atoms with Crippen molar-refractivity contribution in [2.24, 2.45) is 0 Å². The van der Waals surface area contributed by atoms with Gasteiger partial charge in [-0.1, -0.05) is 6.92 Å². The molecule has 1 N–H and O–H groups in total. The van der Waals surface area contributed by atoms with Crippen molar-refractivity contribution in [2.75, 3.05) is 5.32 Å². The van der Waals surface area contributed by atoms with E-state index in [0.717, 1.165) is 23.8 Å². The van der Waals surface area contributed by atoms with E-state index in [-0.39, 0.29) is 0 Å². The molecular formula is C10H15N3. The van der Waals surface area contributed by atoms with Crippen LogP contribution in [0.15, 0.2) is 6.07 Å². The lowest BCUT2D eigenvalue weighted by Gasteiger charge is -2.05. The van der Waals surface area contributed by atoms with Gasteiger partial charge in [-0.05, 0) is 26.2 Å². The quantitative estimate of drug-likeness (QED) is 0.766. The number of nitrogens with zero attached hydrogens (tertiary/aromatic N) is 2. The average Bonchev–Trinajstić information content (AvgIpc) is 2.87. The van der Waals surface area contributed by atoms with Gasteiger partial charge in [0.25, 0.3) is 0 Å². The summed E-state index contributed by atoms with van der Waals surface area (Å²) in [5.41, 5.74) is 1.12. The molecule has 1 heterocycles. The summed E-state index contributed by atoms with van der Waals surface area (Å²) in [6.45, 7) is 4.06. The molecule has 0 aliphatic heterocycles. The first kappa shape index (κ1) is 8.48. The summed E-state index contributed by atoms with van der Waals surface area (Å²) < 4.78 is 0. The van der Waals surface area contributed by atoms with E-state index in [1.807, 2.05) is 13.0 Å². The molecule has 1 aromatic rings. The van der Waals surface area contributed by atoms with Crippen LogP contribution in [0.5, 0.6) is 0 Å². The lowest BCUT2D eigenvalue weighted by atomic mass is 10.3. The zero-order valence-electron chi connectivity index (χ0n) is 8.17. The Bertz CT molecular complexity index is 305. The summed E-state index contributed by atoms with van der Waals surface area (Å²) in [5.74, 6) is 1.86. The highest BCUT2D eigenvalue weighted by Gasteiger charge is 2.21. The third-order valence-electron chi connectivity index (χ3n) is 2.18. The van der Waals surface area contributed by atoms with E-state index in [0.29, 0.717) is 6.04 Å². The number of rotatable bonds is 3. The largest absolute Gasteiger partial charge is 0.367 e. The molecular weight excluding hydrogens is 162 g/mol. The van der Waals surface area contributed by atoms with Crippen LogP contribution in [0.25, 0.3) is 0 Å². The topological polar surface area (TPSA) is 37.8 Å². The molecule has 1 fully saturated rings. The van der Waals surface area contributed by atoms with Gasteiger partial charge in [-0.2, -0.15) is 0 Å². The van der Waals surface area contributed by atoms with Crippen LogP contribution < -0.4 is 5.32 Å². The summed E-state index contributed by atoms with van der Waals surface area (Å²) in [6.07, 6.45) is 3.54. The highest BCUT2D eigenvalue weighted by atomic mass is 15.1. The molecule has 70 valence electrons. The van der Waals surface area contributed by atoms with Gasteiger partial charge in [-0.15, -0.1) is 0 Å². The molecule has 0 spiro atoms. The number of anilines is 1. The van der Waals surface area contributed by atoms with Crippen LogP contribution in [0.3, 0.4) is 0 Å². The summed E-state index contributed by atoms with van der Waals surface area (Å²) in [4.78, 5) is 8.67. The SMILES string of the molecule is CCc1cc(NC2CC2)nc(C)n1. The van der Waals surface area contributed by atoms with Crippen LogP contribution in [0.2, 0.25) is 0 Å². The summed E-state index contributed by atoms with van der Waals surface area (Å²) >= 11 is 0. The number of nitrogens with one attached hydrogen (secondary N) is 1. The van der Waals surface area contributed by atoms with Crippen molar-refractivity contribution in [1.29, 1.82) is 0 Å². The molecule has 1 aliphatic rings. The predicted octanol–water partition coefficient (Wildman–Crippen LogP) is 1.92. The summed E-state index contributed by atoms with van der Waals surface area (Å²) in [6, 6.07) is 2.71. The second kappa shape index (κ2) is 3.32. The smallest absolute Gasteiger partial charge is 0.130 e. The van der Waals surface area contributed by atoms with E-state index in [4.69, 9.17) is 0 Å². The first-order valence-electron chi connectivity index (χ1n) is 4.89. The van der Waals surface area contributed by atoms with E-state index < -0.39 is 0 Å². The minimum Gasteiger partial charge on any atom is -0.367 e. The number of aryl methyl sites for hydroxylation is 2. The van der Waals surface area contributed by atoms with Gasteiger partial charge in [0, 0.05) is 17.8 Å². The van der Waals surface area contributed by atoms with Gasteiger partial charge >= 0.3 is 0 Å². The highest BCUT2D eigenvalue weighted by molar-refractivity contribution is 5.38. The lowest BCUT2D eigenvalue weighted by molar-refractivity contribution is 0.941. The van der Waals surface area contributed by atoms with Crippen molar-refractivity contribution in [3.8, 4) is 0 Å². The first-order chi connectivity index (χ1) is 6.28. The molecule has 2 rings (SSSR count). The molecule has 1 aliphatic carbocycles. The molecule has 1 saturated carbocycles. The Hall–Kier alpha value is -1.12. The predicted molar refractivity (Wildman–Crippen MR) is 52.8 cm³/mol. The van der Waals surface area contributed by atoms with Gasteiger partial charge in [0.1, 0.15) is 11.6 Å². The average molecular weight is 177 g/mol. The van der Waals surface area contributed by atoms with Crippen LogP contribution in [0.1, 0.15) is 31.3 Å². The molecule has 0 bridgehead atoms. The van der Waals surface area contributed by atoms with Crippen molar-refractivity contribution in [1.82, 2.24) is 9.97 Å². The summed E-state index contributed by atoms with van der Waals surface area (Å²) in [7, 11) is 0. The second-order valence-corrected chi connectivity index (χ2v) is 3.56.